The molecule has 11 nitrogen and oxygen atoms in total. The van der Waals surface area contributed by atoms with Crippen molar-refractivity contribution >= 4 is 32.8 Å². The summed E-state index contributed by atoms with van der Waals surface area (Å²) < 4.78 is 30.1. The monoisotopic (exact) mass is 488 g/mol. The van der Waals surface area contributed by atoms with Crippen molar-refractivity contribution in [2.45, 2.75) is 44.2 Å². The first-order chi connectivity index (χ1) is 16.3. The van der Waals surface area contributed by atoms with E-state index in [1.54, 1.807) is 23.1 Å². The van der Waals surface area contributed by atoms with Gasteiger partial charge in [-0.1, -0.05) is 6.07 Å². The number of ether oxygens (including phenoxy) is 1. The van der Waals surface area contributed by atoms with Gasteiger partial charge in [-0.05, 0) is 44.2 Å². The van der Waals surface area contributed by atoms with Crippen LogP contribution >= 0.6 is 0 Å². The van der Waals surface area contributed by atoms with Gasteiger partial charge in [0.1, 0.15) is 15.6 Å². The van der Waals surface area contributed by atoms with Gasteiger partial charge in [-0.15, -0.1) is 0 Å². The molecule has 1 fully saturated rings. The summed E-state index contributed by atoms with van der Waals surface area (Å²) in [5, 5.41) is 20.1. The second-order valence-corrected chi connectivity index (χ2v) is 10.7. The lowest BCUT2D eigenvalue weighted by atomic mass is 9.91. The Morgan fingerprint density at radius 2 is 1.97 bits per heavy atom. The Kier molecular flexibility index (Phi) is 7.15. The van der Waals surface area contributed by atoms with E-state index in [4.69, 9.17) is 9.84 Å². The van der Waals surface area contributed by atoms with E-state index in [1.807, 2.05) is 18.2 Å². The van der Waals surface area contributed by atoms with Gasteiger partial charge in [-0.2, -0.15) is 10.1 Å². The minimum Gasteiger partial charge on any atom is -0.493 e. The number of aromatic nitrogens is 4. The molecule has 0 aliphatic heterocycles. The largest absolute Gasteiger partial charge is 0.493 e. The molecule has 1 aromatic carbocycles. The zero-order chi connectivity index (χ0) is 24.1. The third-order valence-corrected chi connectivity index (χ3v) is 6.77. The second-order valence-electron chi connectivity index (χ2n) is 8.46. The third kappa shape index (κ3) is 6.13. The van der Waals surface area contributed by atoms with Gasteiger partial charge in [0.05, 0.1) is 29.5 Å². The molecule has 0 saturated heterocycles. The van der Waals surface area contributed by atoms with Crippen LogP contribution in [0.25, 0.3) is 16.7 Å². The number of nitrogens with zero attached hydrogens (tertiary/aromatic N) is 4. The fraction of sp³-hybridized carbons (Fsp3) is 0.455. The lowest BCUT2D eigenvalue weighted by Crippen LogP contribution is -2.39. The van der Waals surface area contributed by atoms with Gasteiger partial charge in [0, 0.05) is 30.6 Å². The lowest BCUT2D eigenvalue weighted by molar-refractivity contribution is 0.185. The predicted octanol–water partition coefficient (Wildman–Crippen LogP) is 2.62. The standard InChI is InChI=1S/C22H28N6O5S/c1-34(31,32)13-3-12-33-19-5-2-4-18-17(19)14-24-28(18)20-10-11-23-21(27-20)25-15-6-8-16(9-7-15)26-22(29)30/h2,4-5,10-11,14-16,26H,3,6-9,12-13H2,1H3,(H,29,30)(H,23,25,27). The summed E-state index contributed by atoms with van der Waals surface area (Å²) in [5.41, 5.74) is 0.811. The van der Waals surface area contributed by atoms with E-state index in [0.717, 1.165) is 36.6 Å². The van der Waals surface area contributed by atoms with Crippen LogP contribution in [0.4, 0.5) is 10.7 Å². The van der Waals surface area contributed by atoms with Gasteiger partial charge in [0.15, 0.2) is 5.82 Å². The first kappa shape index (κ1) is 23.7. The molecule has 0 radical (unpaired) electrons. The fourth-order valence-corrected chi connectivity index (χ4v) is 4.75. The van der Waals surface area contributed by atoms with Crippen LogP contribution in [0, 0.1) is 0 Å². The number of amides is 1. The van der Waals surface area contributed by atoms with Crippen LogP contribution in [0.5, 0.6) is 5.75 Å². The third-order valence-electron chi connectivity index (χ3n) is 5.74. The van der Waals surface area contributed by atoms with Crippen LogP contribution in [0.15, 0.2) is 36.7 Å². The number of carboxylic acid groups (broad SMARTS) is 1. The maximum Gasteiger partial charge on any atom is 0.404 e. The van der Waals surface area contributed by atoms with Crippen molar-refractivity contribution in [3.63, 3.8) is 0 Å². The van der Waals surface area contributed by atoms with Crippen LogP contribution in [-0.2, 0) is 9.84 Å². The Labute approximate surface area is 197 Å². The molecule has 34 heavy (non-hydrogen) atoms. The molecular formula is C22H28N6O5S. The molecule has 3 aromatic rings. The summed E-state index contributed by atoms with van der Waals surface area (Å²) in [4.78, 5) is 19.8. The molecule has 1 amide bonds. The molecule has 1 aliphatic rings. The fourth-order valence-electron chi connectivity index (χ4n) is 4.11. The van der Waals surface area contributed by atoms with Gasteiger partial charge in [0.2, 0.25) is 5.95 Å². The quantitative estimate of drug-likeness (QED) is 0.386. The van der Waals surface area contributed by atoms with Crippen LogP contribution in [0.2, 0.25) is 0 Å². The summed E-state index contributed by atoms with van der Waals surface area (Å²) in [5.74, 6) is 1.81. The average Bonchev–Trinajstić information content (AvgIpc) is 3.22. The van der Waals surface area contributed by atoms with Crippen molar-refractivity contribution in [1.82, 2.24) is 25.1 Å². The van der Waals surface area contributed by atoms with Crippen LogP contribution in [-0.4, -0.2) is 70.1 Å². The molecule has 1 saturated carbocycles. The van der Waals surface area contributed by atoms with Crippen molar-refractivity contribution in [1.29, 1.82) is 0 Å². The van der Waals surface area contributed by atoms with Crippen LogP contribution < -0.4 is 15.4 Å². The Hall–Kier alpha value is -3.41. The number of sulfone groups is 1. The molecule has 3 N–H and O–H groups in total. The number of fused-ring (bicyclic) bond motifs is 1. The summed E-state index contributed by atoms with van der Waals surface area (Å²) >= 11 is 0. The highest BCUT2D eigenvalue weighted by atomic mass is 32.2. The molecule has 4 rings (SSSR count). The van der Waals surface area contributed by atoms with Crippen LogP contribution in [0.3, 0.4) is 0 Å². The van der Waals surface area contributed by atoms with Gasteiger partial charge < -0.3 is 20.5 Å². The highest BCUT2D eigenvalue weighted by molar-refractivity contribution is 7.90. The van der Waals surface area contributed by atoms with E-state index >= 15 is 0 Å². The smallest absolute Gasteiger partial charge is 0.404 e. The summed E-state index contributed by atoms with van der Waals surface area (Å²) in [6, 6.07) is 7.53. The molecule has 0 atom stereocenters. The topological polar surface area (TPSA) is 148 Å². The van der Waals surface area contributed by atoms with Crippen molar-refractivity contribution in [2.24, 2.45) is 0 Å². The first-order valence-electron chi connectivity index (χ1n) is 11.2. The minimum atomic E-state index is -3.02. The van der Waals surface area contributed by atoms with Crippen molar-refractivity contribution in [2.75, 3.05) is 23.9 Å². The number of benzene rings is 1. The SMILES string of the molecule is CS(=O)(=O)CCCOc1cccc2c1cnn2-c1ccnc(NC2CCC(NC(=O)O)CC2)n1. The van der Waals surface area contributed by atoms with Gasteiger partial charge >= 0.3 is 6.09 Å². The first-order valence-corrected chi connectivity index (χ1v) is 13.2. The van der Waals surface area contributed by atoms with E-state index in [9.17, 15) is 13.2 Å². The normalized spacial score (nSPS) is 18.5. The summed E-state index contributed by atoms with van der Waals surface area (Å²) in [6.07, 6.45) is 7.19. The molecule has 1 aliphatic carbocycles. The van der Waals surface area contributed by atoms with Crippen molar-refractivity contribution in [3.05, 3.63) is 36.7 Å². The van der Waals surface area contributed by atoms with Gasteiger partial charge in [0.25, 0.3) is 0 Å². The Bertz CT molecular complexity index is 1250. The molecule has 182 valence electrons. The number of hydrogen-bond acceptors (Lipinski definition) is 8. The highest BCUT2D eigenvalue weighted by Crippen LogP contribution is 2.27. The second kappa shape index (κ2) is 10.2. The minimum absolute atomic E-state index is 0.0129. The Balaban J connectivity index is 1.43. The number of nitrogens with one attached hydrogen (secondary N) is 2. The van der Waals surface area contributed by atoms with Crippen LogP contribution in [0.1, 0.15) is 32.1 Å². The molecular weight excluding hydrogens is 460 g/mol. The Morgan fingerprint density at radius 1 is 1.21 bits per heavy atom. The molecule has 0 spiro atoms. The van der Waals surface area contributed by atoms with E-state index in [0.29, 0.717) is 30.5 Å². The maximum atomic E-state index is 11.3. The Morgan fingerprint density at radius 3 is 2.71 bits per heavy atom. The van der Waals surface area contributed by atoms with E-state index in [1.165, 1.54) is 6.26 Å². The number of carbonyl (C=O) groups is 1. The lowest BCUT2D eigenvalue weighted by Gasteiger charge is -2.28. The molecule has 12 heteroatoms. The number of rotatable bonds is 9. The molecule has 2 aromatic heterocycles. The number of anilines is 1. The van der Waals surface area contributed by atoms with Gasteiger partial charge in [-0.25, -0.2) is 22.9 Å². The van der Waals surface area contributed by atoms with E-state index < -0.39 is 15.9 Å². The molecule has 2 heterocycles. The average molecular weight is 489 g/mol. The molecule has 0 unspecified atom stereocenters. The van der Waals surface area contributed by atoms with Gasteiger partial charge in [-0.3, -0.25) is 0 Å². The van der Waals surface area contributed by atoms with E-state index in [-0.39, 0.29) is 17.8 Å². The maximum absolute atomic E-state index is 11.3. The zero-order valence-corrected chi connectivity index (χ0v) is 19.7. The van der Waals surface area contributed by atoms with Crippen molar-refractivity contribution < 1.29 is 23.1 Å². The highest BCUT2D eigenvalue weighted by Gasteiger charge is 2.23. The number of hydrogen-bond donors (Lipinski definition) is 3. The zero-order valence-electron chi connectivity index (χ0n) is 18.8. The predicted molar refractivity (Wildman–Crippen MR) is 127 cm³/mol. The molecule has 0 bridgehead atoms. The van der Waals surface area contributed by atoms with E-state index in [2.05, 4.69) is 25.7 Å². The summed E-state index contributed by atoms with van der Waals surface area (Å²) in [7, 11) is -3.02. The summed E-state index contributed by atoms with van der Waals surface area (Å²) in [6.45, 7) is 0.295. The van der Waals surface area contributed by atoms with Crippen molar-refractivity contribution in [3.8, 4) is 11.6 Å².